The van der Waals surface area contributed by atoms with E-state index >= 15 is 0 Å². The lowest BCUT2D eigenvalue weighted by molar-refractivity contribution is -0.118. The Morgan fingerprint density at radius 1 is 1.21 bits per heavy atom. The van der Waals surface area contributed by atoms with Gasteiger partial charge in [0.1, 0.15) is 23.9 Å². The third-order valence-electron chi connectivity index (χ3n) is 4.16. The van der Waals surface area contributed by atoms with Crippen LogP contribution in [0.2, 0.25) is 0 Å². The summed E-state index contributed by atoms with van der Waals surface area (Å²) < 4.78 is 6.78. The minimum absolute atomic E-state index is 0.00822. The number of carbonyl (C=O) groups is 2. The highest BCUT2D eigenvalue weighted by Crippen LogP contribution is 2.24. The maximum atomic E-state index is 12.5. The first-order valence-electron chi connectivity index (χ1n) is 8.45. The highest BCUT2D eigenvalue weighted by Gasteiger charge is 2.13. The van der Waals surface area contributed by atoms with E-state index in [9.17, 15) is 14.9 Å². The van der Waals surface area contributed by atoms with Crippen molar-refractivity contribution in [3.8, 4) is 11.8 Å². The maximum Gasteiger partial charge on any atom is 0.266 e. The van der Waals surface area contributed by atoms with E-state index in [2.05, 4.69) is 5.32 Å². The van der Waals surface area contributed by atoms with E-state index in [1.807, 2.05) is 30.3 Å². The molecule has 3 rings (SSSR count). The van der Waals surface area contributed by atoms with Crippen molar-refractivity contribution in [2.75, 3.05) is 12.4 Å². The molecule has 1 aromatic heterocycles. The quantitative estimate of drug-likeness (QED) is 0.510. The molecule has 0 saturated heterocycles. The molecule has 2 amide bonds. The molecule has 0 aliphatic heterocycles. The van der Waals surface area contributed by atoms with Gasteiger partial charge in [0.05, 0.1) is 7.11 Å². The van der Waals surface area contributed by atoms with E-state index < -0.39 is 11.8 Å². The van der Waals surface area contributed by atoms with Crippen molar-refractivity contribution in [2.24, 2.45) is 5.73 Å². The Morgan fingerprint density at radius 2 is 1.93 bits per heavy atom. The van der Waals surface area contributed by atoms with E-state index in [-0.39, 0.29) is 12.1 Å². The molecule has 3 aromatic rings. The molecule has 0 saturated carbocycles. The number of nitriles is 1. The Kier molecular flexibility index (Phi) is 5.42. The fraction of sp³-hybridized carbons (Fsp3) is 0.0952. The number of rotatable bonds is 6. The number of anilines is 1. The number of ether oxygens (including phenoxy) is 1. The zero-order valence-electron chi connectivity index (χ0n) is 15.2. The van der Waals surface area contributed by atoms with Crippen LogP contribution in [0.5, 0.6) is 5.75 Å². The van der Waals surface area contributed by atoms with Crippen molar-refractivity contribution in [2.45, 2.75) is 6.54 Å². The standard InChI is InChI=1S/C21H18N4O3/c1-28-17-8-6-16(7-9-17)24-21(27)14(11-22)10-15-12-25(13-20(23)26)19-5-3-2-4-18(15)19/h2-10,12H,13H2,1H3,(H2,23,26)(H,24,27)/b14-10-. The Hall–Kier alpha value is -4.05. The van der Waals surface area contributed by atoms with E-state index in [1.54, 1.807) is 42.1 Å². The van der Waals surface area contributed by atoms with Gasteiger partial charge in [-0.2, -0.15) is 5.26 Å². The van der Waals surface area contributed by atoms with Gasteiger partial charge in [-0.25, -0.2) is 0 Å². The average molecular weight is 374 g/mol. The second-order valence-electron chi connectivity index (χ2n) is 6.05. The monoisotopic (exact) mass is 374 g/mol. The van der Waals surface area contributed by atoms with Gasteiger partial charge in [0.15, 0.2) is 0 Å². The molecule has 0 spiro atoms. The summed E-state index contributed by atoms with van der Waals surface area (Å²) >= 11 is 0. The number of carbonyl (C=O) groups excluding carboxylic acids is 2. The number of aromatic nitrogens is 1. The van der Waals surface area contributed by atoms with Crippen LogP contribution >= 0.6 is 0 Å². The number of nitrogens with two attached hydrogens (primary N) is 1. The topological polar surface area (TPSA) is 110 Å². The lowest BCUT2D eigenvalue weighted by Crippen LogP contribution is -2.17. The number of nitrogens with zero attached hydrogens (tertiary/aromatic N) is 2. The van der Waals surface area contributed by atoms with Gasteiger partial charge in [0.2, 0.25) is 5.91 Å². The molecule has 7 nitrogen and oxygen atoms in total. The average Bonchev–Trinajstić information content (AvgIpc) is 3.03. The van der Waals surface area contributed by atoms with Crippen molar-refractivity contribution >= 4 is 34.5 Å². The molecule has 140 valence electrons. The predicted molar refractivity (Wildman–Crippen MR) is 106 cm³/mol. The minimum atomic E-state index is -0.528. The lowest BCUT2D eigenvalue weighted by Gasteiger charge is -2.05. The fourth-order valence-electron chi connectivity index (χ4n) is 2.87. The van der Waals surface area contributed by atoms with Crippen molar-refractivity contribution in [1.82, 2.24) is 4.57 Å². The van der Waals surface area contributed by atoms with Crippen LogP contribution in [0.25, 0.3) is 17.0 Å². The van der Waals surface area contributed by atoms with Crippen LogP contribution in [0.3, 0.4) is 0 Å². The van der Waals surface area contributed by atoms with Gasteiger partial charge in [0, 0.05) is 28.4 Å². The fourth-order valence-corrected chi connectivity index (χ4v) is 2.87. The molecule has 3 N–H and O–H groups in total. The highest BCUT2D eigenvalue weighted by atomic mass is 16.5. The van der Waals surface area contributed by atoms with Gasteiger partial charge in [-0.05, 0) is 36.4 Å². The summed E-state index contributed by atoms with van der Waals surface area (Å²) in [7, 11) is 1.55. The Balaban J connectivity index is 1.92. The molecule has 0 fully saturated rings. The Labute approximate surface area is 161 Å². The normalized spacial score (nSPS) is 11.1. The van der Waals surface area contributed by atoms with Crippen molar-refractivity contribution in [3.63, 3.8) is 0 Å². The van der Waals surface area contributed by atoms with Crippen LogP contribution in [0.4, 0.5) is 5.69 Å². The van der Waals surface area contributed by atoms with E-state index in [0.29, 0.717) is 17.0 Å². The third-order valence-corrected chi connectivity index (χ3v) is 4.16. The maximum absolute atomic E-state index is 12.5. The van der Waals surface area contributed by atoms with Gasteiger partial charge < -0.3 is 20.4 Å². The van der Waals surface area contributed by atoms with Crippen LogP contribution in [0.15, 0.2) is 60.3 Å². The SMILES string of the molecule is COc1ccc(NC(=O)/C(C#N)=C\c2cn(CC(N)=O)c3ccccc23)cc1. The molecule has 0 aliphatic carbocycles. The molecular formula is C21H18N4O3. The zero-order chi connectivity index (χ0) is 20.1. The van der Waals surface area contributed by atoms with Gasteiger partial charge in [-0.15, -0.1) is 0 Å². The van der Waals surface area contributed by atoms with Crippen molar-refractivity contribution in [1.29, 1.82) is 5.26 Å². The number of benzene rings is 2. The zero-order valence-corrected chi connectivity index (χ0v) is 15.2. The number of methoxy groups -OCH3 is 1. The van der Waals surface area contributed by atoms with Crippen LogP contribution < -0.4 is 15.8 Å². The van der Waals surface area contributed by atoms with Gasteiger partial charge >= 0.3 is 0 Å². The number of hydrogen-bond acceptors (Lipinski definition) is 4. The first kappa shape index (κ1) is 18.7. The Bertz CT molecular complexity index is 1100. The van der Waals surface area contributed by atoms with Gasteiger partial charge in [-0.1, -0.05) is 18.2 Å². The van der Waals surface area contributed by atoms with E-state index in [4.69, 9.17) is 10.5 Å². The van der Waals surface area contributed by atoms with E-state index in [0.717, 1.165) is 10.9 Å². The van der Waals surface area contributed by atoms with Crippen LogP contribution in [0, 0.1) is 11.3 Å². The summed E-state index contributed by atoms with van der Waals surface area (Å²) in [6.07, 6.45) is 3.20. The largest absolute Gasteiger partial charge is 0.497 e. The minimum Gasteiger partial charge on any atom is -0.497 e. The predicted octanol–water partition coefficient (Wildman–Crippen LogP) is 2.68. The number of nitrogens with one attached hydrogen (secondary N) is 1. The van der Waals surface area contributed by atoms with Gasteiger partial charge in [0.25, 0.3) is 5.91 Å². The molecular weight excluding hydrogens is 356 g/mol. The second-order valence-corrected chi connectivity index (χ2v) is 6.05. The molecule has 0 atom stereocenters. The second kappa shape index (κ2) is 8.10. The van der Waals surface area contributed by atoms with Crippen molar-refractivity contribution in [3.05, 3.63) is 65.9 Å². The first-order chi connectivity index (χ1) is 13.5. The number of primary amides is 1. The van der Waals surface area contributed by atoms with E-state index in [1.165, 1.54) is 6.08 Å². The molecule has 7 heteroatoms. The van der Waals surface area contributed by atoms with Crippen molar-refractivity contribution < 1.29 is 14.3 Å². The first-order valence-corrected chi connectivity index (χ1v) is 8.45. The molecule has 0 aliphatic rings. The third kappa shape index (κ3) is 4.02. The molecule has 1 heterocycles. The highest BCUT2D eigenvalue weighted by molar-refractivity contribution is 6.10. The van der Waals surface area contributed by atoms with Crippen LogP contribution in [0.1, 0.15) is 5.56 Å². The Morgan fingerprint density at radius 3 is 2.57 bits per heavy atom. The summed E-state index contributed by atoms with van der Waals surface area (Å²) in [5.74, 6) is -0.343. The molecule has 2 aromatic carbocycles. The smallest absolute Gasteiger partial charge is 0.266 e. The van der Waals surface area contributed by atoms with Gasteiger partial charge in [-0.3, -0.25) is 9.59 Å². The molecule has 28 heavy (non-hydrogen) atoms. The molecule has 0 unspecified atom stereocenters. The van der Waals surface area contributed by atoms with Crippen LogP contribution in [-0.4, -0.2) is 23.5 Å². The summed E-state index contributed by atoms with van der Waals surface area (Å²) in [5, 5.41) is 13.0. The summed E-state index contributed by atoms with van der Waals surface area (Å²) in [5.41, 5.74) is 7.24. The number of fused-ring (bicyclic) bond motifs is 1. The molecule has 0 bridgehead atoms. The summed E-state index contributed by atoms with van der Waals surface area (Å²) in [6.45, 7) is 0.00822. The number of hydrogen-bond donors (Lipinski definition) is 2. The summed E-state index contributed by atoms with van der Waals surface area (Å²) in [4.78, 5) is 23.8. The number of amides is 2. The number of para-hydroxylation sites is 1. The lowest BCUT2D eigenvalue weighted by atomic mass is 10.1. The molecule has 0 radical (unpaired) electrons. The van der Waals surface area contributed by atoms with Crippen LogP contribution in [-0.2, 0) is 16.1 Å². The summed E-state index contributed by atoms with van der Waals surface area (Å²) in [6, 6.07) is 16.1.